The predicted molar refractivity (Wildman–Crippen MR) is 125 cm³/mol. The molecule has 3 saturated heterocycles. The first kappa shape index (κ1) is 26.8. The molecule has 0 aliphatic carbocycles. The Morgan fingerprint density at radius 2 is 2.03 bits per heavy atom. The number of halogens is 2. The Labute approximate surface area is 204 Å². The molecule has 0 spiro atoms. The van der Waals surface area contributed by atoms with E-state index in [0.29, 0.717) is 24.9 Å². The molecule has 3 heterocycles. The van der Waals surface area contributed by atoms with Crippen molar-refractivity contribution in [3.05, 3.63) is 0 Å². The second-order valence-electron chi connectivity index (χ2n) is 9.09. The molecule has 0 bridgehead atoms. The Kier molecular flexibility index (Phi) is 10.2. The quantitative estimate of drug-likeness (QED) is 0.300. The second-order valence-corrected chi connectivity index (χ2v) is 11.1. The van der Waals surface area contributed by atoms with Crippen LogP contribution in [0, 0.1) is 11.8 Å². The standard InChI is InChI=1S/C21H36Cl2N2O6S/c1-10(23)13(19-16(27)15(26)17(28)21(31-19)32-2)25-20(29)14-18-12(9-24-14)8-11(4-3-6-22)5-7-30-18/h10-19,21,24,26-28H,3-9H2,1-2H3,(H,25,29)/t10-,11+,12-,13+,14-,15?,16-,17+,18+,19+,21?/m0/s1. The first-order valence-corrected chi connectivity index (χ1v) is 13.6. The van der Waals surface area contributed by atoms with Crippen molar-refractivity contribution in [2.24, 2.45) is 11.8 Å². The number of alkyl halides is 2. The zero-order valence-electron chi connectivity index (χ0n) is 18.5. The van der Waals surface area contributed by atoms with Gasteiger partial charge < -0.3 is 35.4 Å². The monoisotopic (exact) mass is 514 g/mol. The Bertz CT molecular complexity index is 619. The first-order chi connectivity index (χ1) is 15.3. The molecule has 11 atom stereocenters. The molecule has 0 aromatic rings. The van der Waals surface area contributed by atoms with E-state index in [4.69, 9.17) is 32.7 Å². The van der Waals surface area contributed by atoms with Gasteiger partial charge in [-0.3, -0.25) is 4.79 Å². The molecule has 11 heteroatoms. The minimum absolute atomic E-state index is 0.231. The number of aliphatic hydroxyl groups is 3. The highest BCUT2D eigenvalue weighted by atomic mass is 35.5. The van der Waals surface area contributed by atoms with Crippen molar-refractivity contribution in [1.29, 1.82) is 0 Å². The molecule has 3 aliphatic rings. The molecule has 8 nitrogen and oxygen atoms in total. The number of carbonyl (C=O) groups excluding carboxylic acids is 1. The lowest BCUT2D eigenvalue weighted by molar-refractivity contribution is -0.205. The number of amides is 1. The van der Waals surface area contributed by atoms with Gasteiger partial charge in [0.25, 0.3) is 0 Å². The number of thioether (sulfide) groups is 1. The van der Waals surface area contributed by atoms with Gasteiger partial charge in [0.05, 0.1) is 17.5 Å². The molecule has 3 rings (SSSR count). The summed E-state index contributed by atoms with van der Waals surface area (Å²) in [5.41, 5.74) is -0.739. The highest BCUT2D eigenvalue weighted by Crippen LogP contribution is 2.34. The van der Waals surface area contributed by atoms with Crippen molar-refractivity contribution in [3.8, 4) is 0 Å². The fourth-order valence-electron chi connectivity index (χ4n) is 5.10. The van der Waals surface area contributed by atoms with Crippen LogP contribution in [0.3, 0.4) is 0 Å². The highest BCUT2D eigenvalue weighted by Gasteiger charge is 2.49. The zero-order valence-corrected chi connectivity index (χ0v) is 20.9. The van der Waals surface area contributed by atoms with Crippen molar-refractivity contribution in [2.75, 3.05) is 25.3 Å². The molecular formula is C21H36Cl2N2O6S. The van der Waals surface area contributed by atoms with E-state index in [1.165, 1.54) is 11.8 Å². The van der Waals surface area contributed by atoms with Gasteiger partial charge in [-0.15, -0.1) is 35.0 Å². The van der Waals surface area contributed by atoms with E-state index >= 15 is 0 Å². The predicted octanol–water partition coefficient (Wildman–Crippen LogP) is 0.671. The van der Waals surface area contributed by atoms with Gasteiger partial charge in [-0.05, 0) is 50.7 Å². The molecule has 32 heavy (non-hydrogen) atoms. The van der Waals surface area contributed by atoms with Gasteiger partial charge in [0.2, 0.25) is 5.91 Å². The summed E-state index contributed by atoms with van der Waals surface area (Å²) in [6.07, 6.45) is 0.542. The topological polar surface area (TPSA) is 120 Å². The van der Waals surface area contributed by atoms with Crippen LogP contribution in [0.25, 0.3) is 0 Å². The van der Waals surface area contributed by atoms with Crippen molar-refractivity contribution in [3.63, 3.8) is 0 Å². The fourth-order valence-corrected chi connectivity index (χ4v) is 6.14. The molecule has 0 aromatic heterocycles. The van der Waals surface area contributed by atoms with Crippen LogP contribution in [0.2, 0.25) is 0 Å². The Morgan fingerprint density at radius 3 is 2.69 bits per heavy atom. The molecule has 3 aliphatic heterocycles. The van der Waals surface area contributed by atoms with E-state index in [-0.39, 0.29) is 17.9 Å². The lowest BCUT2D eigenvalue weighted by Crippen LogP contribution is -2.65. The van der Waals surface area contributed by atoms with Crippen molar-refractivity contribution < 1.29 is 29.6 Å². The summed E-state index contributed by atoms with van der Waals surface area (Å²) in [6.45, 7) is 3.00. The van der Waals surface area contributed by atoms with Gasteiger partial charge in [0.15, 0.2) is 0 Å². The second kappa shape index (κ2) is 12.2. The zero-order chi connectivity index (χ0) is 23.4. The van der Waals surface area contributed by atoms with Crippen LogP contribution in [0.1, 0.15) is 32.6 Å². The van der Waals surface area contributed by atoms with Gasteiger partial charge in [0.1, 0.15) is 35.9 Å². The summed E-state index contributed by atoms with van der Waals surface area (Å²) in [7, 11) is 0. The van der Waals surface area contributed by atoms with Crippen LogP contribution in [-0.4, -0.2) is 99.9 Å². The lowest BCUT2D eigenvalue weighted by atomic mass is 9.87. The van der Waals surface area contributed by atoms with Crippen LogP contribution in [-0.2, 0) is 14.3 Å². The lowest BCUT2D eigenvalue weighted by Gasteiger charge is -2.44. The number of fused-ring (bicyclic) bond motifs is 1. The number of rotatable bonds is 8. The van der Waals surface area contributed by atoms with E-state index in [1.807, 2.05) is 0 Å². The van der Waals surface area contributed by atoms with E-state index in [1.54, 1.807) is 13.2 Å². The van der Waals surface area contributed by atoms with Gasteiger partial charge in [-0.25, -0.2) is 0 Å². The summed E-state index contributed by atoms with van der Waals surface area (Å²) in [5.74, 6) is 1.18. The molecule has 5 N–H and O–H groups in total. The smallest absolute Gasteiger partial charge is 0.240 e. The van der Waals surface area contributed by atoms with Gasteiger partial charge in [0, 0.05) is 19.0 Å². The third-order valence-electron chi connectivity index (χ3n) is 6.89. The number of carbonyl (C=O) groups is 1. The molecular weight excluding hydrogens is 479 g/mol. The van der Waals surface area contributed by atoms with Crippen LogP contribution in [0.15, 0.2) is 0 Å². The highest BCUT2D eigenvalue weighted by molar-refractivity contribution is 7.99. The molecule has 0 aromatic carbocycles. The summed E-state index contributed by atoms with van der Waals surface area (Å²) >= 11 is 13.5. The molecule has 1 amide bonds. The molecule has 0 saturated carbocycles. The number of hydrogen-bond donors (Lipinski definition) is 5. The van der Waals surface area contributed by atoms with Crippen molar-refractivity contribution in [2.45, 2.75) is 86.0 Å². The maximum atomic E-state index is 13.2. The number of nitrogens with one attached hydrogen (secondary N) is 2. The first-order valence-electron chi connectivity index (χ1n) is 11.4. The van der Waals surface area contributed by atoms with Crippen molar-refractivity contribution in [1.82, 2.24) is 10.6 Å². The third-order valence-corrected chi connectivity index (χ3v) is 8.28. The fraction of sp³-hybridized carbons (Fsp3) is 0.952. The van der Waals surface area contributed by atoms with Gasteiger partial charge >= 0.3 is 0 Å². The van der Waals surface area contributed by atoms with Crippen LogP contribution >= 0.6 is 35.0 Å². The van der Waals surface area contributed by atoms with E-state index in [2.05, 4.69) is 10.6 Å². The van der Waals surface area contributed by atoms with E-state index in [9.17, 15) is 20.1 Å². The Morgan fingerprint density at radius 1 is 1.28 bits per heavy atom. The van der Waals surface area contributed by atoms with Gasteiger partial charge in [-0.2, -0.15) is 0 Å². The van der Waals surface area contributed by atoms with Crippen LogP contribution < -0.4 is 10.6 Å². The molecule has 0 radical (unpaired) electrons. The summed E-state index contributed by atoms with van der Waals surface area (Å²) in [4.78, 5) is 13.2. The maximum absolute atomic E-state index is 13.2. The molecule has 2 unspecified atom stereocenters. The minimum atomic E-state index is -1.40. The Balaban J connectivity index is 1.66. The van der Waals surface area contributed by atoms with E-state index in [0.717, 1.165) is 25.7 Å². The maximum Gasteiger partial charge on any atom is 0.240 e. The van der Waals surface area contributed by atoms with Crippen LogP contribution in [0.4, 0.5) is 0 Å². The number of hydrogen-bond acceptors (Lipinski definition) is 8. The SMILES string of the molecule is CSC1O[C@H]([C@H](NC(=O)[C@H]2NC[C@@H]3C[C@H](CCCCl)CCO[C@H]32)[C@H](C)Cl)[C@@H](O)C(O)[C@H]1O. The average molecular weight is 516 g/mol. The minimum Gasteiger partial charge on any atom is -0.388 e. The summed E-state index contributed by atoms with van der Waals surface area (Å²) in [6, 6.07) is -1.30. The average Bonchev–Trinajstić information content (AvgIpc) is 3.05. The number of aliphatic hydroxyl groups excluding tert-OH is 3. The van der Waals surface area contributed by atoms with Crippen LogP contribution in [0.5, 0.6) is 0 Å². The third kappa shape index (κ3) is 6.04. The normalized spacial score (nSPS) is 42.0. The van der Waals surface area contributed by atoms with Crippen molar-refractivity contribution >= 4 is 40.9 Å². The number of ether oxygens (including phenoxy) is 2. The van der Waals surface area contributed by atoms with Gasteiger partial charge in [-0.1, -0.05) is 0 Å². The molecule has 3 fully saturated rings. The van der Waals surface area contributed by atoms with E-state index < -0.39 is 47.3 Å². The molecule has 186 valence electrons. The summed E-state index contributed by atoms with van der Waals surface area (Å²) < 4.78 is 11.9. The Hall–Kier alpha value is 0.160. The summed E-state index contributed by atoms with van der Waals surface area (Å²) in [5, 5.41) is 36.6. The largest absolute Gasteiger partial charge is 0.388 e.